The summed E-state index contributed by atoms with van der Waals surface area (Å²) >= 11 is 1.84. The standard InChI is InChI=1S/C20H30N2OS/c1-16(2)22(15-20-11-10-17(3)24-20)14-19(23)13-21(4)12-18-8-6-5-7-9-18/h5-11,16,19,23H,12-15H2,1-4H3. The van der Waals surface area contributed by atoms with Crippen molar-refractivity contribution < 1.29 is 5.11 Å². The number of hydrogen-bond donors (Lipinski definition) is 1. The van der Waals surface area contributed by atoms with Gasteiger partial charge in [0.1, 0.15) is 0 Å². The molecule has 0 aliphatic rings. The van der Waals surface area contributed by atoms with Crippen molar-refractivity contribution in [3.8, 4) is 0 Å². The Bertz CT molecular complexity index is 597. The van der Waals surface area contributed by atoms with E-state index in [0.717, 1.165) is 13.1 Å². The number of rotatable bonds is 9. The minimum absolute atomic E-state index is 0.345. The Morgan fingerprint density at radius 2 is 1.71 bits per heavy atom. The topological polar surface area (TPSA) is 26.7 Å². The van der Waals surface area contributed by atoms with Crippen molar-refractivity contribution in [2.75, 3.05) is 20.1 Å². The normalized spacial score (nSPS) is 13.2. The maximum absolute atomic E-state index is 10.5. The number of aryl methyl sites for hydroxylation is 1. The van der Waals surface area contributed by atoms with Gasteiger partial charge in [-0.1, -0.05) is 30.3 Å². The van der Waals surface area contributed by atoms with Crippen LogP contribution in [0.2, 0.25) is 0 Å². The van der Waals surface area contributed by atoms with Gasteiger partial charge in [0.2, 0.25) is 0 Å². The molecule has 0 saturated carbocycles. The first-order valence-corrected chi connectivity index (χ1v) is 9.45. The van der Waals surface area contributed by atoms with E-state index in [1.54, 1.807) is 0 Å². The second-order valence-corrected chi connectivity index (χ2v) is 8.24. The first-order chi connectivity index (χ1) is 11.4. The van der Waals surface area contributed by atoms with Crippen molar-refractivity contribution in [3.05, 3.63) is 57.8 Å². The SMILES string of the molecule is Cc1ccc(CN(CC(O)CN(C)Cc2ccccc2)C(C)C)s1. The molecule has 0 saturated heterocycles. The first-order valence-electron chi connectivity index (χ1n) is 8.64. The van der Waals surface area contributed by atoms with Crippen LogP contribution in [-0.4, -0.2) is 47.2 Å². The Balaban J connectivity index is 1.84. The molecule has 0 amide bonds. The van der Waals surface area contributed by atoms with E-state index in [9.17, 15) is 5.11 Å². The molecule has 0 fully saturated rings. The molecule has 4 heteroatoms. The summed E-state index contributed by atoms with van der Waals surface area (Å²) in [7, 11) is 2.07. The van der Waals surface area contributed by atoms with Gasteiger partial charge in [-0.05, 0) is 45.5 Å². The summed E-state index contributed by atoms with van der Waals surface area (Å²) in [6.45, 7) is 9.69. The van der Waals surface area contributed by atoms with Crippen LogP contribution in [0.1, 0.15) is 29.2 Å². The lowest BCUT2D eigenvalue weighted by molar-refractivity contribution is 0.0649. The average Bonchev–Trinajstić information content (AvgIpc) is 2.92. The quantitative estimate of drug-likeness (QED) is 0.749. The number of hydrogen-bond acceptors (Lipinski definition) is 4. The summed E-state index contributed by atoms with van der Waals surface area (Å²) in [5, 5.41) is 10.5. The fourth-order valence-corrected chi connectivity index (χ4v) is 3.79. The zero-order chi connectivity index (χ0) is 17.5. The van der Waals surface area contributed by atoms with Crippen molar-refractivity contribution in [3.63, 3.8) is 0 Å². The van der Waals surface area contributed by atoms with Crippen LogP contribution in [0.15, 0.2) is 42.5 Å². The van der Waals surface area contributed by atoms with Crippen LogP contribution in [0.3, 0.4) is 0 Å². The third-order valence-corrected chi connectivity index (χ3v) is 5.13. The van der Waals surface area contributed by atoms with Crippen LogP contribution in [0.5, 0.6) is 0 Å². The van der Waals surface area contributed by atoms with Gasteiger partial charge in [0.15, 0.2) is 0 Å². The Kier molecular flexibility index (Phi) is 7.43. The van der Waals surface area contributed by atoms with Gasteiger partial charge in [-0.2, -0.15) is 0 Å². The predicted octanol–water partition coefficient (Wildman–Crippen LogP) is 3.76. The van der Waals surface area contributed by atoms with E-state index < -0.39 is 0 Å². The predicted molar refractivity (Wildman–Crippen MR) is 103 cm³/mol. The Morgan fingerprint density at radius 1 is 1.00 bits per heavy atom. The monoisotopic (exact) mass is 346 g/mol. The highest BCUT2D eigenvalue weighted by Crippen LogP contribution is 2.18. The molecule has 3 nitrogen and oxygen atoms in total. The fraction of sp³-hybridized carbons (Fsp3) is 0.500. The van der Waals surface area contributed by atoms with Crippen LogP contribution in [0, 0.1) is 6.92 Å². The zero-order valence-corrected chi connectivity index (χ0v) is 16.1. The third-order valence-electron chi connectivity index (χ3n) is 4.15. The molecule has 2 rings (SSSR count). The molecule has 1 atom stereocenters. The van der Waals surface area contributed by atoms with E-state index in [1.165, 1.54) is 15.3 Å². The summed E-state index contributed by atoms with van der Waals surface area (Å²) in [6, 6.07) is 15.2. The van der Waals surface area contributed by atoms with E-state index in [2.05, 4.69) is 74.0 Å². The maximum Gasteiger partial charge on any atom is 0.0794 e. The lowest BCUT2D eigenvalue weighted by Gasteiger charge is -2.30. The van der Waals surface area contributed by atoms with E-state index in [0.29, 0.717) is 19.1 Å². The minimum atomic E-state index is -0.345. The van der Waals surface area contributed by atoms with Crippen LogP contribution in [0.25, 0.3) is 0 Å². The Hall–Kier alpha value is -1.20. The number of likely N-dealkylation sites (N-methyl/N-ethyl adjacent to an activating group) is 1. The molecule has 0 bridgehead atoms. The fourth-order valence-electron chi connectivity index (χ4n) is 2.88. The van der Waals surface area contributed by atoms with Gasteiger partial charge in [0.25, 0.3) is 0 Å². The van der Waals surface area contributed by atoms with Crippen LogP contribution >= 0.6 is 11.3 Å². The summed E-state index contributed by atoms with van der Waals surface area (Å²) in [4.78, 5) is 7.25. The molecule has 0 radical (unpaired) electrons. The average molecular weight is 347 g/mol. The second-order valence-electron chi connectivity index (χ2n) is 6.87. The molecular formula is C20H30N2OS. The second kappa shape index (κ2) is 9.33. The largest absolute Gasteiger partial charge is 0.390 e. The van der Waals surface area contributed by atoms with Gasteiger partial charge in [-0.25, -0.2) is 0 Å². The molecule has 132 valence electrons. The zero-order valence-electron chi connectivity index (χ0n) is 15.3. The summed E-state index contributed by atoms with van der Waals surface area (Å²) in [5.41, 5.74) is 1.28. The van der Waals surface area contributed by atoms with Crippen LogP contribution < -0.4 is 0 Å². The van der Waals surface area contributed by atoms with Gasteiger partial charge in [0, 0.05) is 42.0 Å². The van der Waals surface area contributed by atoms with Crippen molar-refractivity contribution in [2.45, 2.75) is 46.0 Å². The molecule has 1 heterocycles. The summed E-state index contributed by atoms with van der Waals surface area (Å²) in [5.74, 6) is 0. The van der Waals surface area contributed by atoms with E-state index in [1.807, 2.05) is 17.4 Å². The lowest BCUT2D eigenvalue weighted by Crippen LogP contribution is -2.41. The van der Waals surface area contributed by atoms with Crippen molar-refractivity contribution in [2.24, 2.45) is 0 Å². The molecule has 0 spiro atoms. The molecule has 1 aromatic heterocycles. The third kappa shape index (κ3) is 6.36. The van der Waals surface area contributed by atoms with Crippen molar-refractivity contribution >= 4 is 11.3 Å². The van der Waals surface area contributed by atoms with Gasteiger partial charge in [0.05, 0.1) is 6.10 Å². The van der Waals surface area contributed by atoms with E-state index in [-0.39, 0.29) is 6.10 Å². The van der Waals surface area contributed by atoms with Crippen molar-refractivity contribution in [1.82, 2.24) is 9.80 Å². The van der Waals surface area contributed by atoms with Crippen molar-refractivity contribution in [1.29, 1.82) is 0 Å². The lowest BCUT2D eigenvalue weighted by atomic mass is 10.2. The molecule has 2 aromatic rings. The number of thiophene rings is 1. The molecule has 24 heavy (non-hydrogen) atoms. The Labute approximate surface area is 150 Å². The molecular weight excluding hydrogens is 316 g/mol. The number of nitrogens with zero attached hydrogens (tertiary/aromatic N) is 2. The molecule has 1 unspecified atom stereocenters. The molecule has 0 aliphatic carbocycles. The van der Waals surface area contributed by atoms with Gasteiger partial charge in [-0.15, -0.1) is 11.3 Å². The minimum Gasteiger partial charge on any atom is -0.390 e. The first kappa shape index (κ1) is 19.1. The van der Waals surface area contributed by atoms with Gasteiger partial charge < -0.3 is 5.11 Å². The summed E-state index contributed by atoms with van der Waals surface area (Å²) in [6.07, 6.45) is -0.345. The molecule has 1 aromatic carbocycles. The number of benzene rings is 1. The van der Waals surface area contributed by atoms with Gasteiger partial charge in [-0.3, -0.25) is 9.80 Å². The molecule has 0 aliphatic heterocycles. The highest BCUT2D eigenvalue weighted by atomic mass is 32.1. The van der Waals surface area contributed by atoms with Crippen LogP contribution in [0.4, 0.5) is 0 Å². The number of aliphatic hydroxyl groups is 1. The van der Waals surface area contributed by atoms with E-state index in [4.69, 9.17) is 0 Å². The summed E-state index contributed by atoms with van der Waals surface area (Å²) < 4.78 is 0. The van der Waals surface area contributed by atoms with E-state index >= 15 is 0 Å². The highest BCUT2D eigenvalue weighted by molar-refractivity contribution is 7.11. The highest BCUT2D eigenvalue weighted by Gasteiger charge is 2.17. The molecule has 1 N–H and O–H groups in total. The van der Waals surface area contributed by atoms with Gasteiger partial charge >= 0.3 is 0 Å². The van der Waals surface area contributed by atoms with Crippen LogP contribution in [-0.2, 0) is 13.1 Å². The number of aliphatic hydroxyl groups excluding tert-OH is 1. The smallest absolute Gasteiger partial charge is 0.0794 e. The maximum atomic E-state index is 10.5. The Morgan fingerprint density at radius 3 is 2.29 bits per heavy atom.